The van der Waals surface area contributed by atoms with Crippen LogP contribution in [0.15, 0.2) is 71.7 Å². The Hall–Kier alpha value is -5.27. The Morgan fingerprint density at radius 2 is 1.67 bits per heavy atom. The summed E-state index contributed by atoms with van der Waals surface area (Å²) in [5, 5.41) is 0.835. The molecule has 0 unspecified atom stereocenters. The zero-order chi connectivity index (χ0) is 34.4. The van der Waals surface area contributed by atoms with E-state index in [0.29, 0.717) is 35.5 Å². The van der Waals surface area contributed by atoms with Crippen LogP contribution in [0.25, 0.3) is 10.9 Å². The molecule has 0 saturated heterocycles. The lowest BCUT2D eigenvalue weighted by Gasteiger charge is -2.08. The monoisotopic (exact) mass is 649 g/mol. The first-order valence-corrected chi connectivity index (χ1v) is 15.7. The third kappa shape index (κ3) is 8.17. The highest BCUT2D eigenvalue weighted by atomic mass is 19.2. The maximum Gasteiger partial charge on any atom is 0.278 e. The number of carbonyl (C=O) groups excluding carboxylic acids is 2. The smallest absolute Gasteiger partial charge is 0.278 e. The first-order valence-electron chi connectivity index (χ1n) is 15.7. The number of hydrogen-bond donors (Lipinski definition) is 0. The molecule has 0 N–H and O–H groups in total. The van der Waals surface area contributed by atoms with Gasteiger partial charge in [0.1, 0.15) is 11.4 Å². The third-order valence-electron chi connectivity index (χ3n) is 8.24. The molecule has 8 nitrogen and oxygen atoms in total. The van der Waals surface area contributed by atoms with E-state index in [1.807, 2.05) is 56.6 Å². The van der Waals surface area contributed by atoms with Crippen LogP contribution >= 0.6 is 0 Å². The van der Waals surface area contributed by atoms with Crippen LogP contribution in [0.1, 0.15) is 74.6 Å². The van der Waals surface area contributed by atoms with E-state index in [-0.39, 0.29) is 36.5 Å². The summed E-state index contributed by atoms with van der Waals surface area (Å²) >= 11 is 0. The second-order valence-corrected chi connectivity index (χ2v) is 12.1. The maximum absolute atomic E-state index is 13.7. The lowest BCUT2D eigenvalue weighted by molar-refractivity contribution is 0.0971. The average Bonchev–Trinajstić information content (AvgIpc) is 3.27. The van der Waals surface area contributed by atoms with Crippen LogP contribution in [-0.4, -0.2) is 56.4 Å². The molecule has 0 atom stereocenters. The van der Waals surface area contributed by atoms with E-state index in [4.69, 9.17) is 4.98 Å². The van der Waals surface area contributed by atoms with Crippen molar-refractivity contribution in [2.75, 3.05) is 20.6 Å². The Morgan fingerprint density at radius 1 is 0.917 bits per heavy atom. The van der Waals surface area contributed by atoms with E-state index < -0.39 is 17.2 Å². The molecule has 5 aromatic rings. The molecule has 0 saturated carbocycles. The van der Waals surface area contributed by atoms with E-state index >= 15 is 0 Å². The Labute approximate surface area is 278 Å². The number of rotatable bonds is 12. The minimum atomic E-state index is -0.996. The van der Waals surface area contributed by atoms with E-state index in [2.05, 4.69) is 21.7 Å². The van der Waals surface area contributed by atoms with Gasteiger partial charge < -0.3 is 4.90 Å². The number of ketones is 2. The SMILES string of the molecule is Cc1c(C(=O)CCC#Cc2ccc3nc(Cc4ccc(C(=O)CCCN(C)C)cc4)ncc3c2)c(=O)n(Cc2ccc(F)c(F)c2)n1C. The van der Waals surface area contributed by atoms with Crippen LogP contribution in [0.3, 0.4) is 0 Å². The van der Waals surface area contributed by atoms with Crippen LogP contribution in [0.5, 0.6) is 0 Å². The largest absolute Gasteiger partial charge is 0.309 e. The van der Waals surface area contributed by atoms with Gasteiger partial charge in [-0.05, 0) is 75.4 Å². The van der Waals surface area contributed by atoms with Gasteiger partial charge in [0, 0.05) is 61.1 Å². The van der Waals surface area contributed by atoms with E-state index in [1.165, 1.54) is 10.7 Å². The number of aromatic nitrogens is 4. The summed E-state index contributed by atoms with van der Waals surface area (Å²) in [5.41, 5.74) is 3.76. The number of halogens is 2. The van der Waals surface area contributed by atoms with Gasteiger partial charge in [-0.15, -0.1) is 0 Å². The van der Waals surface area contributed by atoms with Crippen molar-refractivity contribution in [1.82, 2.24) is 24.2 Å². The van der Waals surface area contributed by atoms with Gasteiger partial charge in [0.05, 0.1) is 12.1 Å². The summed E-state index contributed by atoms with van der Waals surface area (Å²) in [7, 11) is 5.64. The van der Waals surface area contributed by atoms with Crippen molar-refractivity contribution in [2.24, 2.45) is 7.05 Å². The quantitative estimate of drug-likeness (QED) is 0.124. The first-order chi connectivity index (χ1) is 23.0. The number of hydrogen-bond acceptors (Lipinski definition) is 6. The summed E-state index contributed by atoms with van der Waals surface area (Å²) in [5.74, 6) is 4.62. The first kappa shape index (κ1) is 34.1. The molecule has 0 aliphatic heterocycles. The van der Waals surface area contributed by atoms with Gasteiger partial charge in [-0.3, -0.25) is 19.1 Å². The van der Waals surface area contributed by atoms with Gasteiger partial charge in [-0.25, -0.2) is 23.4 Å². The number of benzene rings is 3. The Kier molecular flexibility index (Phi) is 10.7. The molecule has 10 heteroatoms. The molecule has 0 aliphatic rings. The number of nitrogens with zero attached hydrogens (tertiary/aromatic N) is 5. The second-order valence-electron chi connectivity index (χ2n) is 12.1. The summed E-state index contributed by atoms with van der Waals surface area (Å²) in [6.07, 6.45) is 3.97. The summed E-state index contributed by atoms with van der Waals surface area (Å²) in [6.45, 7) is 2.56. The number of carbonyl (C=O) groups is 2. The van der Waals surface area contributed by atoms with E-state index in [9.17, 15) is 23.2 Å². The summed E-state index contributed by atoms with van der Waals surface area (Å²) < 4.78 is 29.9. The fraction of sp³-hybridized carbons (Fsp3) is 0.289. The minimum absolute atomic E-state index is 0.000588. The van der Waals surface area contributed by atoms with Gasteiger partial charge >= 0.3 is 0 Å². The van der Waals surface area contributed by atoms with Gasteiger partial charge in [-0.1, -0.05) is 42.2 Å². The van der Waals surface area contributed by atoms with Gasteiger partial charge in [0.2, 0.25) is 0 Å². The zero-order valence-electron chi connectivity index (χ0n) is 27.5. The summed E-state index contributed by atoms with van der Waals surface area (Å²) in [6, 6.07) is 16.7. The van der Waals surface area contributed by atoms with Gasteiger partial charge in [0.25, 0.3) is 5.56 Å². The topological polar surface area (TPSA) is 90.1 Å². The van der Waals surface area contributed by atoms with Crippen LogP contribution < -0.4 is 5.56 Å². The van der Waals surface area contributed by atoms with Gasteiger partial charge in [0.15, 0.2) is 23.2 Å². The molecule has 0 spiro atoms. The maximum atomic E-state index is 13.7. The zero-order valence-corrected chi connectivity index (χ0v) is 27.5. The molecule has 0 amide bonds. The molecule has 2 heterocycles. The van der Waals surface area contributed by atoms with Crippen LogP contribution in [-0.2, 0) is 20.0 Å². The Balaban J connectivity index is 1.18. The third-order valence-corrected chi connectivity index (χ3v) is 8.24. The highest BCUT2D eigenvalue weighted by Crippen LogP contribution is 2.17. The minimum Gasteiger partial charge on any atom is -0.309 e. The number of fused-ring (bicyclic) bond motifs is 1. The second kappa shape index (κ2) is 15.1. The molecular weight excluding hydrogens is 612 g/mol. The van der Waals surface area contributed by atoms with Crippen LogP contribution in [0.4, 0.5) is 8.78 Å². The molecule has 0 bridgehead atoms. The molecule has 48 heavy (non-hydrogen) atoms. The number of Topliss-reactive ketones (excluding diaryl/α,β-unsaturated/α-hetero) is 2. The van der Waals surface area contributed by atoms with Crippen molar-refractivity contribution in [3.63, 3.8) is 0 Å². The highest BCUT2D eigenvalue weighted by molar-refractivity contribution is 5.97. The average molecular weight is 650 g/mol. The predicted molar refractivity (Wildman–Crippen MR) is 181 cm³/mol. The Bertz CT molecular complexity index is 2100. The molecule has 2 aromatic heterocycles. The lowest BCUT2D eigenvalue weighted by Crippen LogP contribution is -2.25. The van der Waals surface area contributed by atoms with E-state index in [0.717, 1.165) is 47.1 Å². The molecule has 0 aliphatic carbocycles. The lowest BCUT2D eigenvalue weighted by atomic mass is 10.0. The van der Waals surface area contributed by atoms with E-state index in [1.54, 1.807) is 24.9 Å². The van der Waals surface area contributed by atoms with Crippen molar-refractivity contribution in [1.29, 1.82) is 0 Å². The standard InChI is InChI=1S/C38H37F2N5O3/c1-25-37(38(48)45(44(25)4)24-28-13-17-31(39)32(40)21-28)35(47)9-6-5-8-26-14-18-33-30(20-26)23-41-36(42-33)22-27-11-15-29(16-12-27)34(46)10-7-19-43(2)3/h11-18,20-21,23H,6-7,9-10,19,22,24H2,1-4H3. The predicted octanol–water partition coefficient (Wildman–Crippen LogP) is 5.89. The summed E-state index contributed by atoms with van der Waals surface area (Å²) in [4.78, 5) is 49.9. The van der Waals surface area contributed by atoms with Crippen LogP contribution in [0, 0.1) is 30.4 Å². The molecule has 0 radical (unpaired) electrons. The molecular formula is C38H37F2N5O3. The molecule has 0 fully saturated rings. The van der Waals surface area contributed by atoms with Crippen molar-refractivity contribution < 1.29 is 18.4 Å². The van der Waals surface area contributed by atoms with Crippen LogP contribution in [0.2, 0.25) is 0 Å². The molecule has 246 valence electrons. The van der Waals surface area contributed by atoms with Crippen molar-refractivity contribution in [3.05, 3.63) is 128 Å². The Morgan fingerprint density at radius 3 is 2.40 bits per heavy atom. The van der Waals surface area contributed by atoms with Gasteiger partial charge in [-0.2, -0.15) is 0 Å². The molecule has 3 aromatic carbocycles. The van der Waals surface area contributed by atoms with Crippen molar-refractivity contribution >= 4 is 22.5 Å². The fourth-order valence-electron chi connectivity index (χ4n) is 5.46. The van der Waals surface area contributed by atoms with Crippen molar-refractivity contribution in [3.8, 4) is 11.8 Å². The van der Waals surface area contributed by atoms with Crippen molar-refractivity contribution in [2.45, 2.75) is 45.6 Å². The fourth-order valence-corrected chi connectivity index (χ4v) is 5.46. The normalized spacial score (nSPS) is 11.1. The highest BCUT2D eigenvalue weighted by Gasteiger charge is 2.21. The molecule has 5 rings (SSSR count).